The third kappa shape index (κ3) is 5.89. The van der Waals surface area contributed by atoms with Crippen molar-refractivity contribution < 1.29 is 14.4 Å². The van der Waals surface area contributed by atoms with Gasteiger partial charge in [-0.1, -0.05) is 29.3 Å². The summed E-state index contributed by atoms with van der Waals surface area (Å²) in [7, 11) is 1.84. The number of hydrogen-bond acceptors (Lipinski definition) is 7. The van der Waals surface area contributed by atoms with Crippen LogP contribution in [0, 0.1) is 0 Å². The van der Waals surface area contributed by atoms with Crippen LogP contribution in [0.3, 0.4) is 0 Å². The Balaban J connectivity index is 1.31. The van der Waals surface area contributed by atoms with E-state index in [2.05, 4.69) is 20.9 Å². The topological polar surface area (TPSA) is 105 Å². The first-order valence-electron chi connectivity index (χ1n) is 10.8. The van der Waals surface area contributed by atoms with Gasteiger partial charge < -0.3 is 5.32 Å². The van der Waals surface area contributed by atoms with Crippen molar-refractivity contribution in [2.45, 2.75) is 18.6 Å². The number of nitrogens with one attached hydrogen (secondary N) is 2. The third-order valence-corrected chi connectivity index (χ3v) is 8.38. The maximum absolute atomic E-state index is 12.9. The summed E-state index contributed by atoms with van der Waals surface area (Å²) in [6, 6.07) is 10.1. The fourth-order valence-electron chi connectivity index (χ4n) is 3.44. The number of carbonyl (C=O) groups excluding carboxylic acids is 3. The van der Waals surface area contributed by atoms with Crippen LogP contribution in [0.15, 0.2) is 58.7 Å². The molecule has 0 radical (unpaired) electrons. The highest BCUT2D eigenvalue weighted by molar-refractivity contribution is 8.03. The molecule has 4 rings (SSSR count). The number of allylic oxidation sites excluding steroid dienone is 1. The zero-order valence-electron chi connectivity index (χ0n) is 19.2. The summed E-state index contributed by atoms with van der Waals surface area (Å²) in [6.45, 7) is 2.10. The predicted octanol–water partition coefficient (Wildman–Crippen LogP) is 4.81. The fraction of sp³-hybridized carbons (Fsp3) is 0.208. The summed E-state index contributed by atoms with van der Waals surface area (Å²) >= 11 is 14.5. The Morgan fingerprint density at radius 2 is 1.86 bits per heavy atom. The summed E-state index contributed by atoms with van der Waals surface area (Å²) in [5.41, 5.74) is 5.01. The summed E-state index contributed by atoms with van der Waals surface area (Å²) in [4.78, 5) is 38.6. The molecule has 3 aromatic rings. The summed E-state index contributed by atoms with van der Waals surface area (Å²) in [5, 5.41) is 13.1. The average molecular weight is 563 g/mol. The molecule has 8 nitrogen and oxygen atoms in total. The third-order valence-electron chi connectivity index (χ3n) is 5.43. The molecule has 1 aliphatic rings. The van der Waals surface area contributed by atoms with Crippen LogP contribution < -0.4 is 10.7 Å². The van der Waals surface area contributed by atoms with Gasteiger partial charge in [-0.25, -0.2) is 5.43 Å². The summed E-state index contributed by atoms with van der Waals surface area (Å²) in [5.74, 6) is -0.851. The molecule has 0 bridgehead atoms. The van der Waals surface area contributed by atoms with Crippen LogP contribution in [0.25, 0.3) is 0 Å². The Bertz CT molecular complexity index is 1400. The predicted molar refractivity (Wildman–Crippen MR) is 144 cm³/mol. The number of ketones is 1. The fourth-order valence-corrected chi connectivity index (χ4v) is 5.67. The molecule has 1 atom stereocenters. The smallest absolute Gasteiger partial charge is 0.281 e. The normalized spacial score (nSPS) is 15.7. The summed E-state index contributed by atoms with van der Waals surface area (Å²) in [6.07, 6.45) is 2.35. The molecule has 1 aromatic carbocycles. The highest BCUT2D eigenvalue weighted by Gasteiger charge is 2.31. The number of carbonyl (C=O) groups is 3. The van der Waals surface area contributed by atoms with E-state index in [4.69, 9.17) is 23.2 Å². The Kier molecular flexibility index (Phi) is 8.30. The van der Waals surface area contributed by atoms with Gasteiger partial charge in [0.05, 0.1) is 30.8 Å². The molecule has 0 spiro atoms. The Labute approximate surface area is 225 Å². The van der Waals surface area contributed by atoms with E-state index in [0.717, 1.165) is 22.6 Å². The maximum atomic E-state index is 12.9. The number of hydrazone groups is 1. The Morgan fingerprint density at radius 3 is 2.56 bits per heavy atom. The lowest BCUT2D eigenvalue weighted by atomic mass is 10.0. The molecule has 0 aliphatic carbocycles. The minimum atomic E-state index is -0.465. The number of amides is 2. The lowest BCUT2D eigenvalue weighted by Crippen LogP contribution is -2.25. The van der Waals surface area contributed by atoms with E-state index in [1.807, 2.05) is 13.1 Å². The zero-order chi connectivity index (χ0) is 25.8. The van der Waals surface area contributed by atoms with E-state index in [1.54, 1.807) is 53.5 Å². The maximum Gasteiger partial charge on any atom is 0.281 e. The second kappa shape index (κ2) is 11.4. The van der Waals surface area contributed by atoms with E-state index >= 15 is 0 Å². The van der Waals surface area contributed by atoms with Gasteiger partial charge in [0.15, 0.2) is 5.78 Å². The number of nitrogens with zero attached hydrogens (tertiary/aromatic N) is 3. The number of benzene rings is 1. The molecule has 1 aliphatic heterocycles. The van der Waals surface area contributed by atoms with Crippen LogP contribution in [0.4, 0.5) is 0 Å². The number of aryl methyl sites for hydroxylation is 1. The van der Waals surface area contributed by atoms with E-state index in [-0.39, 0.29) is 11.7 Å². The second-order valence-corrected chi connectivity index (χ2v) is 10.7. The average Bonchev–Trinajstić information content (AvgIpc) is 3.60. The molecule has 36 heavy (non-hydrogen) atoms. The van der Waals surface area contributed by atoms with Crippen molar-refractivity contribution in [2.24, 2.45) is 12.1 Å². The van der Waals surface area contributed by atoms with E-state index in [1.165, 1.54) is 11.8 Å². The van der Waals surface area contributed by atoms with Crippen molar-refractivity contribution in [3.63, 3.8) is 0 Å². The van der Waals surface area contributed by atoms with Gasteiger partial charge in [0.1, 0.15) is 0 Å². The van der Waals surface area contributed by atoms with Crippen LogP contribution in [0.5, 0.6) is 0 Å². The number of Topliss-reactive ketones (excluding diaryl/α,β-unsaturated/α-hetero) is 1. The van der Waals surface area contributed by atoms with Gasteiger partial charge in [-0.2, -0.15) is 10.2 Å². The quantitative estimate of drug-likeness (QED) is 0.303. The lowest BCUT2D eigenvalue weighted by molar-refractivity contribution is -0.114. The van der Waals surface area contributed by atoms with Gasteiger partial charge in [0.2, 0.25) is 0 Å². The number of hydrogen-bond donors (Lipinski definition) is 2. The first-order chi connectivity index (χ1) is 17.2. The van der Waals surface area contributed by atoms with Crippen molar-refractivity contribution in [1.82, 2.24) is 20.5 Å². The van der Waals surface area contributed by atoms with Crippen molar-refractivity contribution in [1.29, 1.82) is 0 Å². The van der Waals surface area contributed by atoms with Gasteiger partial charge in [-0.15, -0.1) is 23.1 Å². The van der Waals surface area contributed by atoms with Gasteiger partial charge in [-0.05, 0) is 48.2 Å². The van der Waals surface area contributed by atoms with Crippen LogP contribution in [0.1, 0.15) is 42.8 Å². The molecule has 1 unspecified atom stereocenters. The lowest BCUT2D eigenvalue weighted by Gasteiger charge is -2.10. The first-order valence-corrected chi connectivity index (χ1v) is 13.3. The van der Waals surface area contributed by atoms with Crippen LogP contribution in [0.2, 0.25) is 10.0 Å². The van der Waals surface area contributed by atoms with Crippen LogP contribution in [-0.4, -0.2) is 39.6 Å². The van der Waals surface area contributed by atoms with E-state index in [9.17, 15) is 14.4 Å². The molecule has 0 fully saturated rings. The highest BCUT2D eigenvalue weighted by Crippen LogP contribution is 2.41. The zero-order valence-corrected chi connectivity index (χ0v) is 22.4. The molecule has 12 heteroatoms. The van der Waals surface area contributed by atoms with E-state index < -0.39 is 11.2 Å². The minimum absolute atomic E-state index is 0.130. The van der Waals surface area contributed by atoms with Crippen molar-refractivity contribution >= 4 is 69.6 Å². The van der Waals surface area contributed by atoms with Crippen LogP contribution >= 0.6 is 46.3 Å². The van der Waals surface area contributed by atoms with Gasteiger partial charge >= 0.3 is 0 Å². The molecule has 2 amide bonds. The Morgan fingerprint density at radius 1 is 1.11 bits per heavy atom. The minimum Gasteiger partial charge on any atom is -0.351 e. The van der Waals surface area contributed by atoms with Gasteiger partial charge in [-0.3, -0.25) is 19.1 Å². The SMILES string of the molecule is C/C(=N\NC(=O)c1ccc(C(=O)NCCc2ccnn2C)s1)C1=CSC(c2ccc(Cl)c(Cl)c2)C1=O. The van der Waals surface area contributed by atoms with Crippen molar-refractivity contribution in [2.75, 3.05) is 6.54 Å². The van der Waals surface area contributed by atoms with Gasteiger partial charge in [0, 0.05) is 37.5 Å². The van der Waals surface area contributed by atoms with E-state index in [0.29, 0.717) is 44.0 Å². The molecular weight excluding hydrogens is 541 g/mol. The summed E-state index contributed by atoms with van der Waals surface area (Å²) < 4.78 is 1.75. The molecule has 0 saturated carbocycles. The number of thioether (sulfide) groups is 1. The largest absolute Gasteiger partial charge is 0.351 e. The Hall–Kier alpha value is -2.92. The number of rotatable bonds is 8. The molecular formula is C24H21Cl2N5O3S2. The number of thiophene rings is 1. The molecule has 2 aromatic heterocycles. The highest BCUT2D eigenvalue weighted by atomic mass is 35.5. The molecule has 186 valence electrons. The van der Waals surface area contributed by atoms with Crippen molar-refractivity contribution in [3.8, 4) is 0 Å². The first kappa shape index (κ1) is 26.2. The standard InChI is InChI=1S/C24H21Cl2N5O3S2/c1-13(16-12-35-22(21(16)32)14-3-4-17(25)18(26)11-14)29-30-24(34)20-6-5-19(36-20)23(33)27-9-7-15-8-10-28-31(15)2/h3-6,8,10-12,22H,7,9H2,1-2H3,(H,27,33)(H,30,34)/b29-13+. The van der Waals surface area contributed by atoms with Crippen LogP contribution in [-0.2, 0) is 18.3 Å². The molecule has 3 heterocycles. The van der Waals surface area contributed by atoms with Crippen molar-refractivity contribution in [3.05, 3.63) is 84.6 Å². The molecule has 2 N–H and O–H groups in total. The molecule has 0 saturated heterocycles. The van der Waals surface area contributed by atoms with Gasteiger partial charge in [0.25, 0.3) is 11.8 Å². The second-order valence-electron chi connectivity index (χ2n) is 7.84. The number of aromatic nitrogens is 2. The number of halogens is 2. The monoisotopic (exact) mass is 561 g/mol.